The van der Waals surface area contributed by atoms with Gasteiger partial charge in [0, 0.05) is 30.8 Å². The highest BCUT2D eigenvalue weighted by Gasteiger charge is 2.09. The van der Waals surface area contributed by atoms with Crippen LogP contribution in [0.1, 0.15) is 46.5 Å². The van der Waals surface area contributed by atoms with Crippen LogP contribution in [0.4, 0.5) is 5.69 Å². The Labute approximate surface area is 179 Å². The van der Waals surface area contributed by atoms with E-state index in [2.05, 4.69) is 24.1 Å². The molecule has 0 atom stereocenters. The predicted octanol–water partition coefficient (Wildman–Crippen LogP) is 4.60. The highest BCUT2D eigenvalue weighted by molar-refractivity contribution is 5.96. The number of likely N-dealkylation sites (N-methyl/N-ethyl adjacent to an activating group) is 1. The first kappa shape index (κ1) is 24.7. The Balaban J connectivity index is 0.00000420. The van der Waals surface area contributed by atoms with E-state index < -0.39 is 0 Å². The van der Waals surface area contributed by atoms with Crippen LogP contribution in [0.3, 0.4) is 0 Å². The van der Waals surface area contributed by atoms with Crippen LogP contribution in [-0.2, 0) is 4.74 Å². The van der Waals surface area contributed by atoms with Gasteiger partial charge in [-0.1, -0.05) is 43.7 Å². The van der Waals surface area contributed by atoms with E-state index in [0.717, 1.165) is 36.4 Å². The summed E-state index contributed by atoms with van der Waals surface area (Å²) in [4.78, 5) is 26.5. The Hall–Kier alpha value is -2.37. The van der Waals surface area contributed by atoms with Crippen LogP contribution >= 0.6 is 12.4 Å². The third kappa shape index (κ3) is 8.26. The smallest absolute Gasteiger partial charge is 0.338 e. The van der Waals surface area contributed by atoms with E-state index in [1.165, 1.54) is 0 Å². The zero-order chi connectivity index (χ0) is 20.4. The van der Waals surface area contributed by atoms with E-state index in [1.807, 2.05) is 43.3 Å². The number of aryl methyl sites for hydroxylation is 1. The lowest BCUT2D eigenvalue weighted by molar-refractivity contribution is 0.0466. The lowest BCUT2D eigenvalue weighted by Crippen LogP contribution is -2.27. The van der Waals surface area contributed by atoms with Crippen molar-refractivity contribution in [3.05, 3.63) is 65.2 Å². The van der Waals surface area contributed by atoms with Crippen LogP contribution in [0, 0.1) is 6.92 Å². The van der Waals surface area contributed by atoms with Gasteiger partial charge in [-0.05, 0) is 44.3 Å². The van der Waals surface area contributed by atoms with Gasteiger partial charge in [0.2, 0.25) is 0 Å². The number of nitrogens with one attached hydrogen (secondary N) is 1. The van der Waals surface area contributed by atoms with Crippen molar-refractivity contribution in [1.82, 2.24) is 4.90 Å². The zero-order valence-electron chi connectivity index (χ0n) is 17.4. The third-order valence-electron chi connectivity index (χ3n) is 4.71. The number of esters is 1. The number of ketones is 1. The maximum absolute atomic E-state index is 12.2. The van der Waals surface area contributed by atoms with E-state index in [9.17, 15) is 9.59 Å². The molecule has 5 nitrogen and oxygen atoms in total. The second-order valence-corrected chi connectivity index (χ2v) is 6.71. The van der Waals surface area contributed by atoms with Crippen molar-refractivity contribution >= 4 is 29.8 Å². The largest absolute Gasteiger partial charge is 0.461 e. The van der Waals surface area contributed by atoms with Crippen molar-refractivity contribution in [3.63, 3.8) is 0 Å². The average Bonchev–Trinajstić information content (AvgIpc) is 2.72. The number of anilines is 1. The van der Waals surface area contributed by atoms with Gasteiger partial charge in [0.15, 0.2) is 5.78 Å². The fourth-order valence-corrected chi connectivity index (χ4v) is 2.82. The number of hydrogen-bond acceptors (Lipinski definition) is 5. The molecule has 2 rings (SSSR count). The van der Waals surface area contributed by atoms with Crippen LogP contribution in [-0.4, -0.2) is 49.4 Å². The van der Waals surface area contributed by atoms with E-state index in [4.69, 9.17) is 4.74 Å². The third-order valence-corrected chi connectivity index (χ3v) is 4.71. The fraction of sp³-hybridized carbons (Fsp3) is 0.391. The molecule has 158 valence electrons. The van der Waals surface area contributed by atoms with Crippen molar-refractivity contribution in [3.8, 4) is 0 Å². The van der Waals surface area contributed by atoms with Crippen molar-refractivity contribution in [2.24, 2.45) is 0 Å². The van der Waals surface area contributed by atoms with E-state index in [-0.39, 0.29) is 24.2 Å². The van der Waals surface area contributed by atoms with Crippen LogP contribution in [0.5, 0.6) is 0 Å². The van der Waals surface area contributed by atoms with Gasteiger partial charge in [0.1, 0.15) is 6.61 Å². The van der Waals surface area contributed by atoms with Gasteiger partial charge >= 0.3 is 5.97 Å². The maximum Gasteiger partial charge on any atom is 0.338 e. The minimum absolute atomic E-state index is 0. The Bertz CT molecular complexity index is 757. The summed E-state index contributed by atoms with van der Waals surface area (Å²) in [5.41, 5.74) is 3.27. The SMILES string of the molecule is CCN(CC)CCOC(=O)c1ccc(NCCC(=O)c2ccc(C)cc2)cc1.Cl. The quantitative estimate of drug-likeness (QED) is 0.427. The fourth-order valence-electron chi connectivity index (χ4n) is 2.82. The lowest BCUT2D eigenvalue weighted by atomic mass is 10.1. The Morgan fingerprint density at radius 3 is 2.10 bits per heavy atom. The standard InChI is InChI=1S/C23H30N2O3.ClH/c1-4-25(5-2)16-17-28-23(27)20-10-12-21(13-11-20)24-15-14-22(26)19-8-6-18(3)7-9-19;/h6-13,24H,4-5,14-17H2,1-3H3;1H. The number of carbonyl (C=O) groups is 2. The van der Waals surface area contributed by atoms with Gasteiger partial charge in [-0.3, -0.25) is 4.79 Å². The number of hydrogen-bond donors (Lipinski definition) is 1. The summed E-state index contributed by atoms with van der Waals surface area (Å²) in [5.74, 6) is -0.200. The van der Waals surface area contributed by atoms with Crippen LogP contribution in [0.15, 0.2) is 48.5 Å². The van der Waals surface area contributed by atoms with E-state index in [1.54, 1.807) is 12.1 Å². The summed E-state index contributed by atoms with van der Waals surface area (Å²) in [7, 11) is 0. The number of nitrogens with zero attached hydrogens (tertiary/aromatic N) is 1. The monoisotopic (exact) mass is 418 g/mol. The molecule has 0 fully saturated rings. The number of benzene rings is 2. The van der Waals surface area contributed by atoms with E-state index >= 15 is 0 Å². The summed E-state index contributed by atoms with van der Waals surface area (Å²) in [5, 5.41) is 3.22. The highest BCUT2D eigenvalue weighted by atomic mass is 35.5. The zero-order valence-corrected chi connectivity index (χ0v) is 18.3. The average molecular weight is 419 g/mol. The summed E-state index contributed by atoms with van der Waals surface area (Å²) in [6.45, 7) is 9.74. The van der Waals surface area contributed by atoms with Gasteiger partial charge in [0.25, 0.3) is 0 Å². The molecule has 0 heterocycles. The molecule has 6 heteroatoms. The molecule has 29 heavy (non-hydrogen) atoms. The summed E-state index contributed by atoms with van der Waals surface area (Å²) in [6.07, 6.45) is 0.415. The molecule has 2 aromatic rings. The first-order valence-corrected chi connectivity index (χ1v) is 9.86. The molecule has 0 aliphatic rings. The van der Waals surface area contributed by atoms with Gasteiger partial charge < -0.3 is 15.0 Å². The molecular formula is C23H31ClN2O3. The molecule has 0 aliphatic heterocycles. The van der Waals surface area contributed by atoms with Gasteiger partial charge in [-0.15, -0.1) is 12.4 Å². The van der Waals surface area contributed by atoms with Crippen molar-refractivity contribution in [2.45, 2.75) is 27.2 Å². The second kappa shape index (κ2) is 13.0. The van der Waals surface area contributed by atoms with Crippen molar-refractivity contribution in [2.75, 3.05) is 38.1 Å². The topological polar surface area (TPSA) is 58.6 Å². The van der Waals surface area contributed by atoms with Crippen LogP contribution < -0.4 is 5.32 Å². The van der Waals surface area contributed by atoms with E-state index in [0.29, 0.717) is 25.1 Å². The lowest BCUT2D eigenvalue weighted by Gasteiger charge is -2.17. The molecule has 2 aromatic carbocycles. The Kier molecular flexibility index (Phi) is 11.0. The molecule has 0 saturated carbocycles. The molecule has 0 radical (unpaired) electrons. The normalized spacial score (nSPS) is 10.3. The van der Waals surface area contributed by atoms with Crippen molar-refractivity contribution in [1.29, 1.82) is 0 Å². The Morgan fingerprint density at radius 2 is 1.52 bits per heavy atom. The minimum Gasteiger partial charge on any atom is -0.461 e. The molecule has 0 aromatic heterocycles. The van der Waals surface area contributed by atoms with Crippen molar-refractivity contribution < 1.29 is 14.3 Å². The Morgan fingerprint density at radius 1 is 0.931 bits per heavy atom. The molecular weight excluding hydrogens is 388 g/mol. The first-order chi connectivity index (χ1) is 13.5. The minimum atomic E-state index is -0.312. The van der Waals surface area contributed by atoms with Gasteiger partial charge in [-0.2, -0.15) is 0 Å². The first-order valence-electron chi connectivity index (χ1n) is 9.86. The second-order valence-electron chi connectivity index (χ2n) is 6.71. The van der Waals surface area contributed by atoms with Gasteiger partial charge in [0.05, 0.1) is 5.56 Å². The molecule has 0 unspecified atom stereocenters. The molecule has 0 saturated heterocycles. The van der Waals surface area contributed by atoms with Crippen LogP contribution in [0.2, 0.25) is 0 Å². The summed E-state index contributed by atoms with van der Waals surface area (Å²) < 4.78 is 5.33. The molecule has 0 aliphatic carbocycles. The number of Topliss-reactive ketones (excluding diaryl/α,β-unsaturated/α-hetero) is 1. The van der Waals surface area contributed by atoms with Gasteiger partial charge in [-0.25, -0.2) is 4.79 Å². The molecule has 0 bridgehead atoms. The number of halogens is 1. The summed E-state index contributed by atoms with van der Waals surface area (Å²) >= 11 is 0. The molecule has 0 amide bonds. The summed E-state index contributed by atoms with van der Waals surface area (Å²) in [6, 6.07) is 14.8. The number of ether oxygens (including phenoxy) is 1. The maximum atomic E-state index is 12.2. The number of carbonyl (C=O) groups excluding carboxylic acids is 2. The molecule has 1 N–H and O–H groups in total. The number of rotatable bonds is 11. The molecule has 0 spiro atoms. The van der Waals surface area contributed by atoms with Crippen LogP contribution in [0.25, 0.3) is 0 Å². The predicted molar refractivity (Wildman–Crippen MR) is 120 cm³/mol. The highest BCUT2D eigenvalue weighted by Crippen LogP contribution is 2.12.